The maximum Gasteiger partial charge on any atom is 0.322 e. The van der Waals surface area contributed by atoms with Crippen molar-refractivity contribution in [3.05, 3.63) is 14.5 Å². The van der Waals surface area contributed by atoms with Gasteiger partial charge in [0.25, 0.3) is 0 Å². The molecule has 4 N–H and O–H groups in total. The van der Waals surface area contributed by atoms with Gasteiger partial charge in [0, 0.05) is 6.21 Å². The number of aliphatic carboxylic acids is 1. The molecular weight excluding hydrogens is 250 g/mol. The Balaban J connectivity index is 2.45. The number of carbonyl (C=O) groups excluding carboxylic acids is 1. The van der Waals surface area contributed by atoms with Gasteiger partial charge in [-0.25, -0.2) is 0 Å². The molecule has 0 aliphatic rings. The maximum atomic E-state index is 11.0. The highest BCUT2D eigenvalue weighted by atomic mass is 32.1. The average molecular weight is 259 g/mol. The van der Waals surface area contributed by atoms with E-state index in [0.29, 0.717) is 0 Å². The number of carbonyl (C=O) groups is 2. The van der Waals surface area contributed by atoms with E-state index < -0.39 is 23.3 Å². The van der Waals surface area contributed by atoms with Crippen LogP contribution in [0.1, 0.15) is 4.88 Å². The summed E-state index contributed by atoms with van der Waals surface area (Å²) >= 11 is 0.748. The molecule has 1 rings (SSSR count). The van der Waals surface area contributed by atoms with Crippen molar-refractivity contribution in [2.75, 3.05) is 13.1 Å². The SMILES string of the molecule is O=C(O)CNC(=O)CN=Cc1sc(=O)[nH]c1O. The van der Waals surface area contributed by atoms with E-state index in [1.54, 1.807) is 0 Å². The third-order valence-corrected chi connectivity index (χ3v) is 2.34. The van der Waals surface area contributed by atoms with Gasteiger partial charge in [0.05, 0.1) is 0 Å². The number of thiazole rings is 1. The quantitative estimate of drug-likeness (QED) is 0.491. The molecule has 0 aliphatic carbocycles. The van der Waals surface area contributed by atoms with Crippen LogP contribution in [-0.4, -0.2) is 46.4 Å². The van der Waals surface area contributed by atoms with Crippen LogP contribution in [0.5, 0.6) is 5.88 Å². The number of aliphatic imine (C=N–C) groups is 1. The standard InChI is InChI=1S/C8H9N3O5S/c12-5(10-3-6(13)14)2-9-1-4-7(15)11-8(16)17-4/h1,15H,2-3H2,(H,10,12)(H,11,16)(H,13,14). The highest BCUT2D eigenvalue weighted by molar-refractivity contribution is 7.11. The third-order valence-electron chi connectivity index (χ3n) is 1.54. The molecule has 0 unspecified atom stereocenters. The molecule has 1 aromatic rings. The second-order valence-corrected chi connectivity index (χ2v) is 3.88. The van der Waals surface area contributed by atoms with E-state index in [0.717, 1.165) is 17.6 Å². The first-order chi connectivity index (χ1) is 7.99. The van der Waals surface area contributed by atoms with Crippen molar-refractivity contribution in [3.63, 3.8) is 0 Å². The van der Waals surface area contributed by atoms with Crippen molar-refractivity contribution < 1.29 is 19.8 Å². The van der Waals surface area contributed by atoms with Crippen LogP contribution >= 0.6 is 11.3 Å². The molecule has 0 aromatic carbocycles. The first-order valence-electron chi connectivity index (χ1n) is 4.39. The summed E-state index contributed by atoms with van der Waals surface area (Å²) in [5.41, 5.74) is 0. The van der Waals surface area contributed by atoms with Crippen LogP contribution < -0.4 is 10.2 Å². The number of nitrogens with one attached hydrogen (secondary N) is 2. The van der Waals surface area contributed by atoms with E-state index in [9.17, 15) is 14.4 Å². The molecule has 0 radical (unpaired) electrons. The molecule has 17 heavy (non-hydrogen) atoms. The van der Waals surface area contributed by atoms with Gasteiger partial charge in [-0.15, -0.1) is 0 Å². The summed E-state index contributed by atoms with van der Waals surface area (Å²) in [5.74, 6) is -2.02. The number of amides is 1. The van der Waals surface area contributed by atoms with Gasteiger partial charge in [0.2, 0.25) is 11.8 Å². The molecule has 8 nitrogen and oxygen atoms in total. The lowest BCUT2D eigenvalue weighted by atomic mass is 10.5. The van der Waals surface area contributed by atoms with Crippen molar-refractivity contribution >= 4 is 29.4 Å². The number of aromatic hydroxyl groups is 1. The molecule has 92 valence electrons. The van der Waals surface area contributed by atoms with Crippen molar-refractivity contribution in [3.8, 4) is 5.88 Å². The van der Waals surface area contributed by atoms with Gasteiger partial charge in [0.15, 0.2) is 0 Å². The molecule has 1 amide bonds. The Bertz CT molecular complexity index is 504. The summed E-state index contributed by atoms with van der Waals surface area (Å²) in [6.07, 6.45) is 1.16. The second kappa shape index (κ2) is 5.80. The summed E-state index contributed by atoms with van der Waals surface area (Å²) in [4.78, 5) is 37.5. The lowest BCUT2D eigenvalue weighted by molar-refractivity contribution is -0.137. The van der Waals surface area contributed by atoms with Gasteiger partial charge >= 0.3 is 10.8 Å². The topological polar surface area (TPSA) is 132 Å². The molecular formula is C8H9N3O5S. The number of carboxylic acids is 1. The van der Waals surface area contributed by atoms with Crippen molar-refractivity contribution in [1.82, 2.24) is 10.3 Å². The lowest BCUT2D eigenvalue weighted by Crippen LogP contribution is -2.30. The summed E-state index contributed by atoms with van der Waals surface area (Å²) in [7, 11) is 0. The van der Waals surface area contributed by atoms with Crippen molar-refractivity contribution in [2.24, 2.45) is 4.99 Å². The predicted octanol–water partition coefficient (Wildman–Crippen LogP) is -1.24. The molecule has 0 bridgehead atoms. The first kappa shape index (κ1) is 12.9. The van der Waals surface area contributed by atoms with Gasteiger partial charge in [-0.05, 0) is 0 Å². The molecule has 1 heterocycles. The third kappa shape index (κ3) is 4.47. The molecule has 0 spiro atoms. The van der Waals surface area contributed by atoms with Gasteiger partial charge < -0.3 is 15.5 Å². The molecule has 0 aliphatic heterocycles. The van der Waals surface area contributed by atoms with E-state index in [4.69, 9.17) is 10.2 Å². The number of H-pyrrole nitrogens is 1. The Hall–Kier alpha value is -2.16. The normalized spacial score (nSPS) is 10.6. The van der Waals surface area contributed by atoms with Gasteiger partial charge in [-0.1, -0.05) is 11.3 Å². The van der Waals surface area contributed by atoms with Gasteiger partial charge in [-0.2, -0.15) is 0 Å². The largest absolute Gasteiger partial charge is 0.493 e. The van der Waals surface area contributed by atoms with Crippen LogP contribution in [0.3, 0.4) is 0 Å². The van der Waals surface area contributed by atoms with E-state index >= 15 is 0 Å². The van der Waals surface area contributed by atoms with E-state index in [2.05, 4.69) is 15.3 Å². The number of aromatic amines is 1. The molecule has 1 aromatic heterocycles. The highest BCUT2D eigenvalue weighted by Crippen LogP contribution is 2.11. The van der Waals surface area contributed by atoms with Crippen LogP contribution in [0.2, 0.25) is 0 Å². The number of carboxylic acid groups (broad SMARTS) is 1. The van der Waals surface area contributed by atoms with Crippen LogP contribution in [0.4, 0.5) is 0 Å². The zero-order valence-electron chi connectivity index (χ0n) is 8.47. The van der Waals surface area contributed by atoms with Crippen LogP contribution in [0.25, 0.3) is 0 Å². The van der Waals surface area contributed by atoms with E-state index in [1.807, 2.05) is 0 Å². The van der Waals surface area contributed by atoms with E-state index in [1.165, 1.54) is 0 Å². The van der Waals surface area contributed by atoms with E-state index in [-0.39, 0.29) is 17.3 Å². The highest BCUT2D eigenvalue weighted by Gasteiger charge is 2.04. The summed E-state index contributed by atoms with van der Waals surface area (Å²) in [6.45, 7) is -0.754. The zero-order chi connectivity index (χ0) is 12.8. The minimum Gasteiger partial charge on any atom is -0.493 e. The molecule has 0 atom stereocenters. The Morgan fingerprint density at radius 1 is 1.53 bits per heavy atom. The molecule has 0 fully saturated rings. The molecule has 0 saturated heterocycles. The van der Waals surface area contributed by atoms with Gasteiger partial charge in [-0.3, -0.25) is 24.4 Å². The fourth-order valence-corrected chi connectivity index (χ4v) is 1.48. The Labute approximate surface area is 98.6 Å². The maximum absolute atomic E-state index is 11.0. The number of hydrogen-bond donors (Lipinski definition) is 4. The Kier molecular flexibility index (Phi) is 4.40. The fourth-order valence-electron chi connectivity index (χ4n) is 0.861. The zero-order valence-corrected chi connectivity index (χ0v) is 9.28. The van der Waals surface area contributed by atoms with Gasteiger partial charge in [0.1, 0.15) is 18.0 Å². The Morgan fingerprint density at radius 2 is 2.24 bits per heavy atom. The monoisotopic (exact) mass is 259 g/mol. The molecule has 9 heteroatoms. The number of hydrogen-bond acceptors (Lipinski definition) is 6. The van der Waals surface area contributed by atoms with Crippen molar-refractivity contribution in [2.45, 2.75) is 0 Å². The lowest BCUT2D eigenvalue weighted by Gasteiger charge is -1.97. The van der Waals surface area contributed by atoms with Crippen LogP contribution in [-0.2, 0) is 9.59 Å². The summed E-state index contributed by atoms with van der Waals surface area (Å²) in [5, 5.41) is 19.5. The number of nitrogens with zero attached hydrogens (tertiary/aromatic N) is 1. The average Bonchev–Trinajstić information content (AvgIpc) is 2.55. The first-order valence-corrected chi connectivity index (χ1v) is 5.21. The van der Waals surface area contributed by atoms with Crippen molar-refractivity contribution in [1.29, 1.82) is 0 Å². The minimum atomic E-state index is -1.15. The second-order valence-electron chi connectivity index (χ2n) is 2.87. The number of rotatable bonds is 5. The molecule has 0 saturated carbocycles. The number of aromatic nitrogens is 1. The van der Waals surface area contributed by atoms with Crippen LogP contribution in [0.15, 0.2) is 9.79 Å². The summed E-state index contributed by atoms with van der Waals surface area (Å²) in [6, 6.07) is 0. The smallest absolute Gasteiger partial charge is 0.322 e. The Morgan fingerprint density at radius 3 is 2.76 bits per heavy atom. The predicted molar refractivity (Wildman–Crippen MR) is 59.7 cm³/mol. The summed E-state index contributed by atoms with van der Waals surface area (Å²) < 4.78 is 0. The fraction of sp³-hybridized carbons (Fsp3) is 0.250. The minimum absolute atomic E-state index is 0.209. The van der Waals surface area contributed by atoms with Crippen LogP contribution in [0, 0.1) is 0 Å².